The Kier molecular flexibility index (Phi) is 4.87. The van der Waals surface area contributed by atoms with Crippen molar-refractivity contribution in [3.8, 4) is 0 Å². The van der Waals surface area contributed by atoms with Crippen molar-refractivity contribution >= 4 is 17.3 Å². The van der Waals surface area contributed by atoms with Crippen LogP contribution in [0.15, 0.2) is 36.8 Å². The number of hydrogen-bond acceptors (Lipinski definition) is 7. The lowest BCUT2D eigenvalue weighted by Gasteiger charge is -2.34. The Morgan fingerprint density at radius 2 is 2.24 bits per heavy atom. The first-order valence-corrected chi connectivity index (χ1v) is 7.97. The Hall–Kier alpha value is -3.03. The number of esters is 1. The average Bonchev–Trinajstić information content (AvgIpc) is 2.67. The van der Waals surface area contributed by atoms with Gasteiger partial charge in [-0.25, -0.2) is 14.8 Å². The van der Waals surface area contributed by atoms with Crippen LogP contribution in [-0.4, -0.2) is 41.1 Å². The van der Waals surface area contributed by atoms with E-state index in [1.54, 1.807) is 12.3 Å². The van der Waals surface area contributed by atoms with Crippen LogP contribution in [-0.2, 0) is 4.74 Å². The molecule has 1 aromatic carbocycles. The van der Waals surface area contributed by atoms with Crippen LogP contribution in [0.25, 0.3) is 0 Å². The maximum atomic E-state index is 12.1. The summed E-state index contributed by atoms with van der Waals surface area (Å²) in [4.78, 5) is 32.9. The van der Waals surface area contributed by atoms with Crippen LogP contribution in [0, 0.1) is 10.1 Å². The number of piperidine rings is 1. The molecule has 1 aliphatic heterocycles. The van der Waals surface area contributed by atoms with Crippen molar-refractivity contribution in [1.82, 2.24) is 9.97 Å². The lowest BCUT2D eigenvalue weighted by atomic mass is 9.93. The van der Waals surface area contributed by atoms with Crippen LogP contribution in [0.5, 0.6) is 0 Å². The number of methoxy groups -OCH3 is 1. The van der Waals surface area contributed by atoms with E-state index in [1.807, 2.05) is 6.07 Å². The van der Waals surface area contributed by atoms with Crippen molar-refractivity contribution in [2.75, 3.05) is 25.1 Å². The molecule has 25 heavy (non-hydrogen) atoms. The van der Waals surface area contributed by atoms with E-state index in [1.165, 1.54) is 25.6 Å². The number of ether oxygens (including phenoxy) is 1. The molecule has 1 aliphatic rings. The number of carbonyl (C=O) groups excluding carboxylic acids is 1. The standard InChI is InChI=1S/C17H18N4O4/c1-25-17(22)14-9-13(21(23)24)4-5-16(14)20-8-2-3-12(10-20)15-6-7-18-11-19-15/h4-7,9,11-12H,2-3,8,10H2,1H3. The van der Waals surface area contributed by atoms with Gasteiger partial charge in [0.1, 0.15) is 6.33 Å². The van der Waals surface area contributed by atoms with E-state index in [-0.39, 0.29) is 17.2 Å². The Morgan fingerprint density at radius 3 is 2.92 bits per heavy atom. The molecule has 1 fully saturated rings. The lowest BCUT2D eigenvalue weighted by Crippen LogP contribution is -2.35. The molecule has 8 nitrogen and oxygen atoms in total. The molecule has 1 atom stereocenters. The molecule has 0 saturated carbocycles. The Labute approximate surface area is 144 Å². The lowest BCUT2D eigenvalue weighted by molar-refractivity contribution is -0.384. The van der Waals surface area contributed by atoms with E-state index in [0.29, 0.717) is 12.2 Å². The quantitative estimate of drug-likeness (QED) is 0.478. The van der Waals surface area contributed by atoms with E-state index in [4.69, 9.17) is 4.74 Å². The van der Waals surface area contributed by atoms with Gasteiger partial charge in [-0.15, -0.1) is 0 Å². The third kappa shape index (κ3) is 3.57. The maximum Gasteiger partial charge on any atom is 0.340 e. The van der Waals surface area contributed by atoms with Crippen LogP contribution in [0.1, 0.15) is 34.8 Å². The highest BCUT2D eigenvalue weighted by molar-refractivity contribution is 5.96. The molecule has 3 rings (SSSR count). The Balaban J connectivity index is 1.92. The fraction of sp³-hybridized carbons (Fsp3) is 0.353. The minimum absolute atomic E-state index is 0.131. The fourth-order valence-electron chi connectivity index (χ4n) is 3.17. The van der Waals surface area contributed by atoms with Crippen molar-refractivity contribution in [2.24, 2.45) is 0 Å². The highest BCUT2D eigenvalue weighted by Crippen LogP contribution is 2.32. The van der Waals surface area contributed by atoms with Gasteiger partial charge in [0.2, 0.25) is 0 Å². The summed E-state index contributed by atoms with van der Waals surface area (Å²) in [5.74, 6) is -0.361. The smallest absolute Gasteiger partial charge is 0.340 e. The van der Waals surface area contributed by atoms with E-state index in [9.17, 15) is 14.9 Å². The van der Waals surface area contributed by atoms with Crippen LogP contribution >= 0.6 is 0 Å². The highest BCUT2D eigenvalue weighted by Gasteiger charge is 2.27. The number of benzene rings is 1. The molecule has 0 aliphatic carbocycles. The van der Waals surface area contributed by atoms with Gasteiger partial charge >= 0.3 is 5.97 Å². The van der Waals surface area contributed by atoms with E-state index in [2.05, 4.69) is 14.9 Å². The minimum atomic E-state index is -0.581. The molecule has 0 N–H and O–H groups in total. The summed E-state index contributed by atoms with van der Waals surface area (Å²) >= 11 is 0. The van der Waals surface area contributed by atoms with E-state index >= 15 is 0 Å². The van der Waals surface area contributed by atoms with Crippen molar-refractivity contribution in [2.45, 2.75) is 18.8 Å². The normalized spacial score (nSPS) is 17.2. The molecule has 1 aromatic heterocycles. The monoisotopic (exact) mass is 342 g/mol. The molecule has 8 heteroatoms. The summed E-state index contributed by atoms with van der Waals surface area (Å²) in [5, 5.41) is 11.0. The summed E-state index contributed by atoms with van der Waals surface area (Å²) in [6, 6.07) is 6.20. The second-order valence-corrected chi connectivity index (χ2v) is 5.87. The number of carbonyl (C=O) groups is 1. The maximum absolute atomic E-state index is 12.1. The average molecular weight is 342 g/mol. The van der Waals surface area contributed by atoms with Gasteiger partial charge in [0, 0.05) is 43.0 Å². The number of hydrogen-bond donors (Lipinski definition) is 0. The van der Waals surface area contributed by atoms with Crippen molar-refractivity contribution < 1.29 is 14.5 Å². The van der Waals surface area contributed by atoms with Crippen LogP contribution < -0.4 is 4.90 Å². The summed E-state index contributed by atoms with van der Waals surface area (Å²) in [6.45, 7) is 1.45. The van der Waals surface area contributed by atoms with Gasteiger partial charge in [0.05, 0.1) is 23.3 Å². The molecule has 0 spiro atoms. The predicted molar refractivity (Wildman–Crippen MR) is 90.7 cm³/mol. The van der Waals surface area contributed by atoms with E-state index in [0.717, 1.165) is 25.1 Å². The molecular weight excluding hydrogens is 324 g/mol. The molecule has 2 heterocycles. The molecule has 130 valence electrons. The van der Waals surface area contributed by atoms with Crippen molar-refractivity contribution in [1.29, 1.82) is 0 Å². The zero-order valence-electron chi connectivity index (χ0n) is 13.8. The second kappa shape index (κ2) is 7.25. The first kappa shape index (κ1) is 16.8. The zero-order valence-corrected chi connectivity index (χ0v) is 13.8. The summed E-state index contributed by atoms with van der Waals surface area (Å²) < 4.78 is 4.81. The minimum Gasteiger partial charge on any atom is -0.465 e. The van der Waals surface area contributed by atoms with Crippen molar-refractivity contribution in [3.05, 3.63) is 58.2 Å². The molecule has 1 unspecified atom stereocenters. The number of non-ortho nitro benzene ring substituents is 1. The number of anilines is 1. The van der Waals surface area contributed by atoms with Gasteiger partial charge in [-0.3, -0.25) is 10.1 Å². The molecule has 0 radical (unpaired) electrons. The third-order valence-electron chi connectivity index (χ3n) is 4.38. The second-order valence-electron chi connectivity index (χ2n) is 5.87. The highest BCUT2D eigenvalue weighted by atomic mass is 16.6. The van der Waals surface area contributed by atoms with E-state index < -0.39 is 10.9 Å². The number of nitrogens with zero attached hydrogens (tertiary/aromatic N) is 4. The molecule has 0 amide bonds. The SMILES string of the molecule is COC(=O)c1cc([N+](=O)[O-])ccc1N1CCCC(c2ccncn2)C1. The number of nitro benzene ring substituents is 1. The first-order chi connectivity index (χ1) is 12.1. The van der Waals surface area contributed by atoms with Gasteiger partial charge in [-0.1, -0.05) is 0 Å². The van der Waals surface area contributed by atoms with Gasteiger partial charge in [0.15, 0.2) is 0 Å². The summed E-state index contributed by atoms with van der Waals surface area (Å²) in [6.07, 6.45) is 5.17. The molecule has 2 aromatic rings. The molecular formula is C17H18N4O4. The zero-order chi connectivity index (χ0) is 17.8. The number of rotatable bonds is 4. The van der Waals surface area contributed by atoms with Gasteiger partial charge in [-0.05, 0) is 25.0 Å². The molecule has 0 bridgehead atoms. The number of aromatic nitrogens is 2. The Morgan fingerprint density at radius 1 is 1.40 bits per heavy atom. The van der Waals surface area contributed by atoms with Gasteiger partial charge in [0.25, 0.3) is 5.69 Å². The molecule has 1 saturated heterocycles. The first-order valence-electron chi connectivity index (χ1n) is 7.97. The van der Waals surface area contributed by atoms with Crippen LogP contribution in [0.2, 0.25) is 0 Å². The Bertz CT molecular complexity index is 781. The fourth-order valence-corrected chi connectivity index (χ4v) is 3.17. The third-order valence-corrected chi connectivity index (χ3v) is 4.38. The van der Waals surface area contributed by atoms with Crippen LogP contribution in [0.4, 0.5) is 11.4 Å². The van der Waals surface area contributed by atoms with Gasteiger partial charge < -0.3 is 9.64 Å². The largest absolute Gasteiger partial charge is 0.465 e. The predicted octanol–water partition coefficient (Wildman–Crippen LogP) is 2.56. The van der Waals surface area contributed by atoms with Gasteiger partial charge in [-0.2, -0.15) is 0 Å². The summed E-state index contributed by atoms with van der Waals surface area (Å²) in [7, 11) is 1.27. The van der Waals surface area contributed by atoms with Crippen LogP contribution in [0.3, 0.4) is 0 Å². The summed E-state index contributed by atoms with van der Waals surface area (Å²) in [5.41, 5.74) is 1.69. The number of nitro groups is 1. The topological polar surface area (TPSA) is 98.5 Å². The van der Waals surface area contributed by atoms with Crippen molar-refractivity contribution in [3.63, 3.8) is 0 Å².